The number of rotatable bonds is 6. The van der Waals surface area contributed by atoms with Gasteiger partial charge in [0, 0.05) is 35.6 Å². The summed E-state index contributed by atoms with van der Waals surface area (Å²) in [6, 6.07) is 13.2. The number of pyridine rings is 2. The molecule has 1 aromatic carbocycles. The van der Waals surface area contributed by atoms with Gasteiger partial charge in [-0.05, 0) is 55.1 Å². The van der Waals surface area contributed by atoms with E-state index in [2.05, 4.69) is 20.9 Å². The molecule has 5 nitrogen and oxygen atoms in total. The van der Waals surface area contributed by atoms with Crippen LogP contribution in [-0.4, -0.2) is 34.6 Å². The highest BCUT2D eigenvalue weighted by molar-refractivity contribution is 6.31. The molecule has 0 radical (unpaired) electrons. The Kier molecular flexibility index (Phi) is 5.41. The van der Waals surface area contributed by atoms with Crippen LogP contribution in [0, 0.1) is 0 Å². The summed E-state index contributed by atoms with van der Waals surface area (Å²) in [5.74, 6) is 0.547. The van der Waals surface area contributed by atoms with Crippen LogP contribution in [0.4, 0.5) is 0 Å². The van der Waals surface area contributed by atoms with Crippen LogP contribution in [0.3, 0.4) is 0 Å². The fourth-order valence-corrected chi connectivity index (χ4v) is 3.81. The molecule has 0 unspecified atom stereocenters. The van der Waals surface area contributed by atoms with Crippen molar-refractivity contribution >= 4 is 22.6 Å². The first-order chi connectivity index (χ1) is 13.2. The Morgan fingerprint density at radius 3 is 2.96 bits per heavy atom. The van der Waals surface area contributed by atoms with Crippen molar-refractivity contribution in [1.82, 2.24) is 14.9 Å². The summed E-state index contributed by atoms with van der Waals surface area (Å²) in [5, 5.41) is 1.79. The number of nitrogens with zero attached hydrogens (tertiary/aromatic N) is 2. The number of benzene rings is 1. The summed E-state index contributed by atoms with van der Waals surface area (Å²) in [5.41, 5.74) is 3.06. The van der Waals surface area contributed by atoms with E-state index in [9.17, 15) is 4.79 Å². The smallest absolute Gasteiger partial charge is 0.249 e. The van der Waals surface area contributed by atoms with E-state index in [1.807, 2.05) is 24.3 Å². The topological polar surface area (TPSA) is 58.2 Å². The van der Waals surface area contributed by atoms with E-state index in [0.717, 1.165) is 49.3 Å². The molecule has 0 bridgehead atoms. The largest absolute Gasteiger partial charge is 0.478 e. The molecule has 3 aromatic rings. The van der Waals surface area contributed by atoms with Crippen molar-refractivity contribution in [1.29, 1.82) is 0 Å². The normalized spacial score (nSPS) is 14.3. The van der Waals surface area contributed by atoms with Crippen LogP contribution in [-0.2, 0) is 13.0 Å². The number of aromatic nitrogens is 2. The maximum absolute atomic E-state index is 11.4. The molecule has 0 spiro atoms. The van der Waals surface area contributed by atoms with E-state index >= 15 is 0 Å². The van der Waals surface area contributed by atoms with Gasteiger partial charge in [0.25, 0.3) is 0 Å². The lowest BCUT2D eigenvalue weighted by Gasteiger charge is -2.29. The Balaban J connectivity index is 1.23. The molecule has 27 heavy (non-hydrogen) atoms. The van der Waals surface area contributed by atoms with E-state index in [4.69, 9.17) is 16.3 Å². The Labute approximate surface area is 162 Å². The molecule has 1 aliphatic rings. The minimum atomic E-state index is -0.156. The van der Waals surface area contributed by atoms with Crippen molar-refractivity contribution in [3.05, 3.63) is 69.0 Å². The Morgan fingerprint density at radius 1 is 1.15 bits per heavy atom. The lowest BCUT2D eigenvalue weighted by molar-refractivity contribution is 0.233. The van der Waals surface area contributed by atoms with Crippen molar-refractivity contribution in [2.75, 3.05) is 19.7 Å². The van der Waals surface area contributed by atoms with E-state index in [0.29, 0.717) is 18.1 Å². The van der Waals surface area contributed by atoms with E-state index in [1.54, 1.807) is 6.07 Å². The van der Waals surface area contributed by atoms with Gasteiger partial charge in [-0.2, -0.15) is 4.98 Å². The maximum atomic E-state index is 11.4. The molecular formula is C21H22ClN3O2. The monoisotopic (exact) mass is 383 g/mol. The van der Waals surface area contributed by atoms with Crippen LogP contribution in [0.25, 0.3) is 11.0 Å². The number of halogens is 1. The fourth-order valence-electron chi connectivity index (χ4n) is 3.52. The highest BCUT2D eigenvalue weighted by Gasteiger charge is 2.17. The Bertz CT molecular complexity index is 1000. The van der Waals surface area contributed by atoms with E-state index < -0.39 is 0 Å². The second kappa shape index (κ2) is 8.11. The summed E-state index contributed by atoms with van der Waals surface area (Å²) in [4.78, 5) is 20.9. The minimum absolute atomic E-state index is 0.156. The predicted molar refractivity (Wildman–Crippen MR) is 108 cm³/mol. The van der Waals surface area contributed by atoms with Gasteiger partial charge in [-0.15, -0.1) is 0 Å². The van der Waals surface area contributed by atoms with Gasteiger partial charge in [-0.3, -0.25) is 9.69 Å². The molecule has 0 atom stereocenters. The van der Waals surface area contributed by atoms with Crippen LogP contribution in [0.2, 0.25) is 5.02 Å². The van der Waals surface area contributed by atoms with Gasteiger partial charge in [0.1, 0.15) is 5.65 Å². The molecule has 1 N–H and O–H groups in total. The van der Waals surface area contributed by atoms with Crippen molar-refractivity contribution < 1.29 is 4.74 Å². The van der Waals surface area contributed by atoms with Crippen LogP contribution in [0.15, 0.2) is 47.3 Å². The minimum Gasteiger partial charge on any atom is -0.478 e. The number of fused-ring (bicyclic) bond motifs is 2. The average molecular weight is 384 g/mol. The number of H-pyrrole nitrogens is 1. The molecule has 1 aliphatic heterocycles. The summed E-state index contributed by atoms with van der Waals surface area (Å²) in [7, 11) is 0. The average Bonchev–Trinajstić information content (AvgIpc) is 2.67. The van der Waals surface area contributed by atoms with Crippen molar-refractivity contribution in [3.8, 4) is 5.88 Å². The number of unbranched alkanes of at least 4 members (excludes halogenated alkanes) is 1. The zero-order chi connectivity index (χ0) is 18.6. The predicted octanol–water partition coefficient (Wildman–Crippen LogP) is 3.79. The second-order valence-corrected chi connectivity index (χ2v) is 7.28. The molecular weight excluding hydrogens is 362 g/mol. The quantitative estimate of drug-likeness (QED) is 0.658. The van der Waals surface area contributed by atoms with Gasteiger partial charge in [0.15, 0.2) is 0 Å². The van der Waals surface area contributed by atoms with Gasteiger partial charge in [-0.25, -0.2) is 0 Å². The molecule has 6 heteroatoms. The third-order valence-corrected chi connectivity index (χ3v) is 5.32. The first kappa shape index (κ1) is 18.0. The molecule has 0 aliphatic carbocycles. The third-order valence-electron chi connectivity index (χ3n) is 4.96. The molecule has 140 valence electrons. The molecule has 3 heterocycles. The summed E-state index contributed by atoms with van der Waals surface area (Å²) >= 11 is 6.28. The fraction of sp³-hybridized carbons (Fsp3) is 0.333. The number of nitrogens with one attached hydrogen (secondary N) is 1. The van der Waals surface area contributed by atoms with Gasteiger partial charge < -0.3 is 9.72 Å². The second-order valence-electron chi connectivity index (χ2n) is 6.87. The van der Waals surface area contributed by atoms with Gasteiger partial charge in [-0.1, -0.05) is 23.7 Å². The van der Waals surface area contributed by atoms with Crippen molar-refractivity contribution in [2.45, 2.75) is 25.8 Å². The first-order valence-electron chi connectivity index (χ1n) is 9.30. The van der Waals surface area contributed by atoms with Crippen LogP contribution < -0.4 is 10.3 Å². The number of ether oxygens (including phenoxy) is 1. The van der Waals surface area contributed by atoms with Gasteiger partial charge in [0.2, 0.25) is 11.4 Å². The lowest BCUT2D eigenvalue weighted by Crippen LogP contribution is -2.31. The molecule has 0 saturated heterocycles. The molecule has 0 amide bonds. The number of aromatic amines is 1. The molecule has 2 aromatic heterocycles. The third kappa shape index (κ3) is 4.31. The highest BCUT2D eigenvalue weighted by Crippen LogP contribution is 2.26. The van der Waals surface area contributed by atoms with Gasteiger partial charge in [0.05, 0.1) is 6.61 Å². The van der Waals surface area contributed by atoms with Crippen LogP contribution in [0.1, 0.15) is 24.0 Å². The SMILES string of the molecule is O=c1ccc2ccc(OCCCCN3CCc4c(Cl)cccc4C3)nc2[nH]1. The van der Waals surface area contributed by atoms with Crippen molar-refractivity contribution in [3.63, 3.8) is 0 Å². The number of hydrogen-bond acceptors (Lipinski definition) is 4. The van der Waals surface area contributed by atoms with Crippen molar-refractivity contribution in [2.24, 2.45) is 0 Å². The van der Waals surface area contributed by atoms with Gasteiger partial charge >= 0.3 is 0 Å². The lowest BCUT2D eigenvalue weighted by atomic mass is 9.99. The highest BCUT2D eigenvalue weighted by atomic mass is 35.5. The zero-order valence-electron chi connectivity index (χ0n) is 15.1. The summed E-state index contributed by atoms with van der Waals surface area (Å²) in [6.07, 6.45) is 3.05. The summed E-state index contributed by atoms with van der Waals surface area (Å²) in [6.45, 7) is 3.69. The first-order valence-corrected chi connectivity index (χ1v) is 9.68. The Hall–Kier alpha value is -2.37. The maximum Gasteiger partial charge on any atom is 0.249 e. The van der Waals surface area contributed by atoms with E-state index in [1.165, 1.54) is 17.2 Å². The molecule has 4 rings (SSSR count). The van der Waals surface area contributed by atoms with Crippen LogP contribution >= 0.6 is 11.6 Å². The zero-order valence-corrected chi connectivity index (χ0v) is 15.8. The summed E-state index contributed by atoms with van der Waals surface area (Å²) < 4.78 is 5.75. The molecule has 0 saturated carbocycles. The molecule has 0 fully saturated rings. The van der Waals surface area contributed by atoms with Crippen LogP contribution in [0.5, 0.6) is 5.88 Å². The number of hydrogen-bond donors (Lipinski definition) is 1. The Morgan fingerprint density at radius 2 is 2.04 bits per heavy atom. The van der Waals surface area contributed by atoms with E-state index in [-0.39, 0.29) is 5.56 Å². The standard InChI is InChI=1S/C21H22ClN3O2/c22-18-5-3-4-16-14-25(12-10-17(16)18)11-1-2-13-27-20-9-7-15-6-8-19(26)23-21(15)24-20/h3-9H,1-2,10-14H2,(H,23,24,26).